The molecule has 1 N–H and O–H groups in total. The molecule has 3 heteroatoms. The van der Waals surface area contributed by atoms with E-state index in [0.717, 1.165) is 30.8 Å². The van der Waals surface area contributed by atoms with E-state index >= 15 is 0 Å². The second-order valence-corrected chi connectivity index (χ2v) is 7.20. The van der Waals surface area contributed by atoms with E-state index in [9.17, 15) is 0 Å². The summed E-state index contributed by atoms with van der Waals surface area (Å²) in [6.45, 7) is 12.4. The van der Waals surface area contributed by atoms with Crippen molar-refractivity contribution in [2.45, 2.75) is 59.9 Å². The van der Waals surface area contributed by atoms with E-state index in [1.807, 2.05) is 18.3 Å². The maximum atomic E-state index is 5.49. The molecule has 1 aromatic rings. The predicted molar refractivity (Wildman–Crippen MR) is 89.7 cm³/mol. The summed E-state index contributed by atoms with van der Waals surface area (Å²) < 4.78 is 5.49. The van der Waals surface area contributed by atoms with Crippen LogP contribution in [0.15, 0.2) is 18.3 Å². The number of aromatic nitrogens is 1. The minimum Gasteiger partial charge on any atom is -0.495 e. The molecule has 0 bridgehead atoms. The van der Waals surface area contributed by atoms with Crippen molar-refractivity contribution in [3.63, 3.8) is 0 Å². The maximum Gasteiger partial charge on any atom is 0.141 e. The van der Waals surface area contributed by atoms with Crippen molar-refractivity contribution in [3.05, 3.63) is 24.0 Å². The van der Waals surface area contributed by atoms with E-state index in [1.54, 1.807) is 7.11 Å². The fraction of sp³-hybridized carbons (Fsp3) is 0.722. The summed E-state index contributed by atoms with van der Waals surface area (Å²) in [4.78, 5) is 4.56. The molecule has 1 heterocycles. The molecule has 2 atom stereocenters. The van der Waals surface area contributed by atoms with Crippen molar-refractivity contribution < 1.29 is 4.74 Å². The molecular formula is C18H32N2O. The van der Waals surface area contributed by atoms with Crippen LogP contribution in [0, 0.1) is 11.3 Å². The number of hydrogen-bond acceptors (Lipinski definition) is 3. The van der Waals surface area contributed by atoms with Gasteiger partial charge in [-0.3, -0.25) is 4.98 Å². The van der Waals surface area contributed by atoms with Crippen molar-refractivity contribution in [1.82, 2.24) is 10.3 Å². The van der Waals surface area contributed by atoms with Crippen LogP contribution in [0.25, 0.3) is 0 Å². The lowest BCUT2D eigenvalue weighted by molar-refractivity contribution is 0.272. The molecule has 0 fully saturated rings. The third-order valence-corrected chi connectivity index (χ3v) is 3.59. The molecule has 120 valence electrons. The largest absolute Gasteiger partial charge is 0.495 e. The third kappa shape index (κ3) is 6.47. The molecule has 0 spiro atoms. The Balaban J connectivity index is 2.84. The molecule has 0 saturated carbocycles. The Labute approximate surface area is 130 Å². The summed E-state index contributed by atoms with van der Waals surface area (Å²) in [5.41, 5.74) is 1.40. The van der Waals surface area contributed by atoms with E-state index in [4.69, 9.17) is 4.74 Å². The van der Waals surface area contributed by atoms with Crippen LogP contribution in [0.5, 0.6) is 5.75 Å². The van der Waals surface area contributed by atoms with Gasteiger partial charge >= 0.3 is 0 Å². The van der Waals surface area contributed by atoms with E-state index < -0.39 is 0 Å². The fourth-order valence-corrected chi connectivity index (χ4v) is 2.98. The lowest BCUT2D eigenvalue weighted by Gasteiger charge is -2.27. The van der Waals surface area contributed by atoms with Gasteiger partial charge in [0, 0.05) is 6.20 Å². The highest BCUT2D eigenvalue weighted by atomic mass is 16.5. The zero-order valence-corrected chi connectivity index (χ0v) is 14.6. The van der Waals surface area contributed by atoms with Gasteiger partial charge in [-0.05, 0) is 49.3 Å². The van der Waals surface area contributed by atoms with Crippen LogP contribution >= 0.6 is 0 Å². The minimum atomic E-state index is 0.262. The van der Waals surface area contributed by atoms with Crippen molar-refractivity contribution >= 4 is 0 Å². The molecule has 0 saturated heterocycles. The second kappa shape index (κ2) is 8.38. The van der Waals surface area contributed by atoms with Gasteiger partial charge in [-0.2, -0.15) is 0 Å². The average molecular weight is 292 g/mol. The molecule has 1 rings (SSSR count). The van der Waals surface area contributed by atoms with Crippen LogP contribution in [0.2, 0.25) is 0 Å². The summed E-state index contributed by atoms with van der Waals surface area (Å²) in [6.07, 6.45) is 5.28. The van der Waals surface area contributed by atoms with Gasteiger partial charge < -0.3 is 10.1 Å². The van der Waals surface area contributed by atoms with E-state index in [1.165, 1.54) is 6.42 Å². The summed E-state index contributed by atoms with van der Waals surface area (Å²) in [6, 6.07) is 4.19. The molecule has 2 unspecified atom stereocenters. The Kier molecular flexibility index (Phi) is 7.16. The first kappa shape index (κ1) is 18.0. The normalized spacial score (nSPS) is 14.8. The smallest absolute Gasteiger partial charge is 0.141 e. The molecule has 0 aliphatic carbocycles. The molecular weight excluding hydrogens is 260 g/mol. The quantitative estimate of drug-likeness (QED) is 0.760. The first-order valence-corrected chi connectivity index (χ1v) is 8.09. The highest BCUT2D eigenvalue weighted by Gasteiger charge is 2.22. The van der Waals surface area contributed by atoms with Crippen LogP contribution in [-0.4, -0.2) is 18.6 Å². The monoisotopic (exact) mass is 292 g/mol. The second-order valence-electron chi connectivity index (χ2n) is 7.20. The zero-order chi connectivity index (χ0) is 15.9. The zero-order valence-electron chi connectivity index (χ0n) is 14.6. The Bertz CT molecular complexity index is 412. The van der Waals surface area contributed by atoms with Crippen molar-refractivity contribution in [1.29, 1.82) is 0 Å². The standard InChI is InChI=1S/C18H32N2O/c1-7-10-19-15(12-14(2)13-18(3,4)5)17-16(21-6)9-8-11-20-17/h8-9,11,14-15,19H,7,10,12-13H2,1-6H3. The van der Waals surface area contributed by atoms with Gasteiger partial charge in [0.2, 0.25) is 0 Å². The van der Waals surface area contributed by atoms with E-state index in [0.29, 0.717) is 11.3 Å². The van der Waals surface area contributed by atoms with Crippen LogP contribution < -0.4 is 10.1 Å². The summed E-state index contributed by atoms with van der Waals surface area (Å²) in [5.74, 6) is 1.53. The van der Waals surface area contributed by atoms with Gasteiger partial charge in [-0.1, -0.05) is 34.6 Å². The minimum absolute atomic E-state index is 0.262. The molecule has 0 aliphatic rings. The van der Waals surface area contributed by atoms with Crippen LogP contribution in [0.3, 0.4) is 0 Å². The Hall–Kier alpha value is -1.09. The molecule has 0 aliphatic heterocycles. The lowest BCUT2D eigenvalue weighted by Crippen LogP contribution is -2.26. The number of pyridine rings is 1. The molecule has 3 nitrogen and oxygen atoms in total. The van der Waals surface area contributed by atoms with Crippen LogP contribution in [0.4, 0.5) is 0 Å². The first-order valence-electron chi connectivity index (χ1n) is 8.09. The molecule has 0 aromatic carbocycles. The van der Waals surface area contributed by atoms with Crippen LogP contribution in [0.1, 0.15) is 65.6 Å². The third-order valence-electron chi connectivity index (χ3n) is 3.59. The molecule has 1 aromatic heterocycles. The van der Waals surface area contributed by atoms with E-state index in [2.05, 4.69) is 44.9 Å². The lowest BCUT2D eigenvalue weighted by atomic mass is 9.82. The SMILES string of the molecule is CCCNC(CC(C)CC(C)(C)C)c1ncccc1OC. The number of nitrogens with zero attached hydrogens (tertiary/aromatic N) is 1. The maximum absolute atomic E-state index is 5.49. The number of rotatable bonds is 8. The topological polar surface area (TPSA) is 34.2 Å². The average Bonchev–Trinajstić information content (AvgIpc) is 2.41. The summed E-state index contributed by atoms with van der Waals surface area (Å²) in [5, 5.41) is 3.63. The molecule has 0 radical (unpaired) electrons. The highest BCUT2D eigenvalue weighted by Crippen LogP contribution is 2.32. The number of methoxy groups -OCH3 is 1. The number of nitrogens with one attached hydrogen (secondary N) is 1. The molecule has 21 heavy (non-hydrogen) atoms. The first-order chi connectivity index (χ1) is 9.87. The fourth-order valence-electron chi connectivity index (χ4n) is 2.98. The van der Waals surface area contributed by atoms with Gasteiger partial charge in [0.25, 0.3) is 0 Å². The Morgan fingerprint density at radius 3 is 2.62 bits per heavy atom. The van der Waals surface area contributed by atoms with Crippen molar-refractivity contribution in [3.8, 4) is 5.75 Å². The number of hydrogen-bond donors (Lipinski definition) is 1. The predicted octanol–water partition coefficient (Wildman–Crippen LogP) is 4.59. The van der Waals surface area contributed by atoms with Crippen LogP contribution in [-0.2, 0) is 0 Å². The summed E-state index contributed by atoms with van der Waals surface area (Å²) >= 11 is 0. The van der Waals surface area contributed by atoms with Gasteiger partial charge in [-0.15, -0.1) is 0 Å². The number of ether oxygens (including phenoxy) is 1. The van der Waals surface area contributed by atoms with E-state index in [-0.39, 0.29) is 6.04 Å². The molecule has 0 amide bonds. The van der Waals surface area contributed by atoms with Gasteiger partial charge in [-0.25, -0.2) is 0 Å². The van der Waals surface area contributed by atoms with Gasteiger partial charge in [0.15, 0.2) is 0 Å². The highest BCUT2D eigenvalue weighted by molar-refractivity contribution is 5.29. The van der Waals surface area contributed by atoms with Gasteiger partial charge in [0.05, 0.1) is 18.8 Å². The Morgan fingerprint density at radius 1 is 1.33 bits per heavy atom. The van der Waals surface area contributed by atoms with Gasteiger partial charge in [0.1, 0.15) is 5.75 Å². The summed E-state index contributed by atoms with van der Waals surface area (Å²) in [7, 11) is 1.72. The Morgan fingerprint density at radius 2 is 2.05 bits per heavy atom. The van der Waals surface area contributed by atoms with Crippen molar-refractivity contribution in [2.75, 3.05) is 13.7 Å². The van der Waals surface area contributed by atoms with Crippen molar-refractivity contribution in [2.24, 2.45) is 11.3 Å².